The van der Waals surface area contributed by atoms with Gasteiger partial charge in [-0.1, -0.05) is 0 Å². The van der Waals surface area contributed by atoms with Gasteiger partial charge < -0.3 is 19.5 Å². The molecule has 1 aliphatic heterocycles. The molecule has 1 saturated heterocycles. The number of carbonyl (C=O) groups excluding carboxylic acids is 3. The molecule has 9 heteroatoms. The number of rotatable bonds is 4. The van der Waals surface area contributed by atoms with Crippen LogP contribution >= 0.6 is 0 Å². The third-order valence-corrected chi connectivity index (χ3v) is 4.17. The zero-order valence-electron chi connectivity index (χ0n) is 14.3. The van der Waals surface area contributed by atoms with E-state index in [4.69, 9.17) is 4.42 Å². The molecule has 0 saturated carbocycles. The Morgan fingerprint density at radius 1 is 1.04 bits per heavy atom. The molecule has 1 N–H and O–H groups in total. The predicted molar refractivity (Wildman–Crippen MR) is 90.8 cm³/mol. The SMILES string of the molecule is O=C(CC(=O)N1CCN(C(=O)c2ccco2)CC1)Nc1ccc(F)cc1F. The highest BCUT2D eigenvalue weighted by atomic mass is 19.1. The van der Waals surface area contributed by atoms with Crippen molar-refractivity contribution in [1.82, 2.24) is 9.80 Å². The Morgan fingerprint density at radius 3 is 2.37 bits per heavy atom. The Kier molecular flexibility index (Phi) is 5.49. The summed E-state index contributed by atoms with van der Waals surface area (Å²) in [5.41, 5.74) is -0.192. The number of piperazine rings is 1. The van der Waals surface area contributed by atoms with E-state index < -0.39 is 29.9 Å². The normalized spacial score (nSPS) is 14.1. The van der Waals surface area contributed by atoms with Crippen LogP contribution in [0, 0.1) is 11.6 Å². The molecule has 0 bridgehead atoms. The summed E-state index contributed by atoms with van der Waals surface area (Å²) in [7, 11) is 0. The molecule has 0 aliphatic carbocycles. The van der Waals surface area contributed by atoms with Crippen LogP contribution in [0.5, 0.6) is 0 Å². The summed E-state index contributed by atoms with van der Waals surface area (Å²) in [5, 5.41) is 2.25. The van der Waals surface area contributed by atoms with Crippen LogP contribution in [0.25, 0.3) is 0 Å². The van der Waals surface area contributed by atoms with Gasteiger partial charge in [-0.3, -0.25) is 14.4 Å². The first kappa shape index (κ1) is 18.6. The molecule has 0 unspecified atom stereocenters. The number of hydrogen-bond acceptors (Lipinski definition) is 4. The summed E-state index contributed by atoms with van der Waals surface area (Å²) < 4.78 is 31.5. The van der Waals surface area contributed by atoms with Gasteiger partial charge in [0.1, 0.15) is 18.1 Å². The Morgan fingerprint density at radius 2 is 1.74 bits per heavy atom. The molecule has 1 aliphatic rings. The van der Waals surface area contributed by atoms with E-state index in [1.165, 1.54) is 11.2 Å². The van der Waals surface area contributed by atoms with Gasteiger partial charge in [0, 0.05) is 32.2 Å². The van der Waals surface area contributed by atoms with Crippen molar-refractivity contribution >= 4 is 23.4 Å². The number of amides is 3. The van der Waals surface area contributed by atoms with Crippen molar-refractivity contribution in [2.45, 2.75) is 6.42 Å². The Labute approximate surface area is 153 Å². The molecule has 1 aromatic heterocycles. The van der Waals surface area contributed by atoms with Gasteiger partial charge >= 0.3 is 0 Å². The molecule has 3 rings (SSSR count). The molecule has 2 heterocycles. The fraction of sp³-hybridized carbons (Fsp3) is 0.278. The van der Waals surface area contributed by atoms with Crippen LogP contribution in [0.2, 0.25) is 0 Å². The highest BCUT2D eigenvalue weighted by Crippen LogP contribution is 2.15. The van der Waals surface area contributed by atoms with E-state index in [0.29, 0.717) is 19.2 Å². The minimum atomic E-state index is -0.916. The first-order valence-corrected chi connectivity index (χ1v) is 8.29. The molecule has 0 radical (unpaired) electrons. The van der Waals surface area contributed by atoms with Crippen LogP contribution in [-0.2, 0) is 9.59 Å². The summed E-state index contributed by atoms with van der Waals surface area (Å²) >= 11 is 0. The van der Waals surface area contributed by atoms with Crippen LogP contribution < -0.4 is 5.32 Å². The van der Waals surface area contributed by atoms with Gasteiger partial charge in [0.05, 0.1) is 12.0 Å². The number of benzene rings is 1. The van der Waals surface area contributed by atoms with Crippen molar-refractivity contribution in [2.75, 3.05) is 31.5 Å². The van der Waals surface area contributed by atoms with E-state index in [9.17, 15) is 23.2 Å². The molecular weight excluding hydrogens is 360 g/mol. The second-order valence-corrected chi connectivity index (χ2v) is 6.00. The Bertz CT molecular complexity index is 846. The molecule has 3 amide bonds. The molecule has 2 aromatic rings. The van der Waals surface area contributed by atoms with Gasteiger partial charge in [-0.25, -0.2) is 8.78 Å². The van der Waals surface area contributed by atoms with Gasteiger partial charge in [-0.15, -0.1) is 0 Å². The van der Waals surface area contributed by atoms with Crippen molar-refractivity contribution < 1.29 is 27.6 Å². The first-order chi connectivity index (χ1) is 12.9. The van der Waals surface area contributed by atoms with Gasteiger partial charge in [0.2, 0.25) is 11.8 Å². The lowest BCUT2D eigenvalue weighted by Crippen LogP contribution is -2.51. The van der Waals surface area contributed by atoms with E-state index in [-0.39, 0.29) is 30.4 Å². The molecular formula is C18H17F2N3O4. The average Bonchev–Trinajstić information content (AvgIpc) is 3.18. The fourth-order valence-electron chi connectivity index (χ4n) is 2.75. The Hall–Kier alpha value is -3.23. The number of nitrogens with zero attached hydrogens (tertiary/aromatic N) is 2. The number of hydrogen-bond donors (Lipinski definition) is 1. The van der Waals surface area contributed by atoms with E-state index in [0.717, 1.165) is 12.1 Å². The van der Waals surface area contributed by atoms with E-state index in [1.807, 2.05) is 0 Å². The highest BCUT2D eigenvalue weighted by Gasteiger charge is 2.27. The largest absolute Gasteiger partial charge is 0.459 e. The van der Waals surface area contributed by atoms with E-state index in [2.05, 4.69) is 5.32 Å². The summed E-state index contributed by atoms with van der Waals surface area (Å²) in [6, 6.07) is 5.93. The van der Waals surface area contributed by atoms with E-state index >= 15 is 0 Å². The number of carbonyl (C=O) groups is 3. The lowest BCUT2D eigenvalue weighted by Gasteiger charge is -2.34. The van der Waals surface area contributed by atoms with Gasteiger partial charge in [-0.2, -0.15) is 0 Å². The molecule has 1 fully saturated rings. The predicted octanol–water partition coefficient (Wildman–Crippen LogP) is 1.87. The molecule has 27 heavy (non-hydrogen) atoms. The monoisotopic (exact) mass is 377 g/mol. The second-order valence-electron chi connectivity index (χ2n) is 6.00. The standard InChI is InChI=1S/C18H17F2N3O4/c19-12-3-4-14(13(20)10-12)21-16(24)11-17(25)22-5-7-23(8-6-22)18(26)15-2-1-9-27-15/h1-4,9-10H,5-8,11H2,(H,21,24). The maximum Gasteiger partial charge on any atom is 0.289 e. The number of furan rings is 1. The molecule has 0 atom stereocenters. The zero-order valence-corrected chi connectivity index (χ0v) is 14.3. The number of nitrogens with one attached hydrogen (secondary N) is 1. The first-order valence-electron chi connectivity index (χ1n) is 8.29. The molecule has 7 nitrogen and oxygen atoms in total. The van der Waals surface area contributed by atoms with Crippen molar-refractivity contribution in [1.29, 1.82) is 0 Å². The molecule has 0 spiro atoms. The minimum Gasteiger partial charge on any atom is -0.459 e. The lowest BCUT2D eigenvalue weighted by molar-refractivity contribution is -0.135. The quantitative estimate of drug-likeness (QED) is 0.825. The van der Waals surface area contributed by atoms with Crippen LogP contribution in [0.4, 0.5) is 14.5 Å². The highest BCUT2D eigenvalue weighted by molar-refractivity contribution is 6.03. The average molecular weight is 377 g/mol. The zero-order chi connectivity index (χ0) is 19.4. The van der Waals surface area contributed by atoms with Crippen molar-refractivity contribution in [2.24, 2.45) is 0 Å². The van der Waals surface area contributed by atoms with Gasteiger partial charge in [0.15, 0.2) is 5.76 Å². The minimum absolute atomic E-state index is 0.192. The fourth-order valence-corrected chi connectivity index (χ4v) is 2.75. The third-order valence-electron chi connectivity index (χ3n) is 4.17. The van der Waals surface area contributed by atoms with Crippen LogP contribution in [-0.4, -0.2) is 53.7 Å². The maximum absolute atomic E-state index is 13.5. The van der Waals surface area contributed by atoms with Crippen molar-refractivity contribution in [3.63, 3.8) is 0 Å². The van der Waals surface area contributed by atoms with Crippen LogP contribution in [0.1, 0.15) is 17.0 Å². The van der Waals surface area contributed by atoms with Crippen LogP contribution in [0.3, 0.4) is 0 Å². The second kappa shape index (κ2) is 7.98. The third kappa shape index (κ3) is 4.49. The molecule has 1 aromatic carbocycles. The molecule has 142 valence electrons. The van der Waals surface area contributed by atoms with Gasteiger partial charge in [0.25, 0.3) is 5.91 Å². The summed E-state index contributed by atoms with van der Waals surface area (Å²) in [4.78, 5) is 39.4. The topological polar surface area (TPSA) is 82.9 Å². The maximum atomic E-state index is 13.5. The lowest BCUT2D eigenvalue weighted by atomic mass is 10.2. The van der Waals surface area contributed by atoms with Crippen LogP contribution in [0.15, 0.2) is 41.0 Å². The summed E-state index contributed by atoms with van der Waals surface area (Å²) in [6.45, 7) is 1.20. The Balaban J connectivity index is 1.49. The smallest absolute Gasteiger partial charge is 0.289 e. The van der Waals surface area contributed by atoms with Crippen molar-refractivity contribution in [3.8, 4) is 0 Å². The number of anilines is 1. The summed E-state index contributed by atoms with van der Waals surface area (Å²) in [5.74, 6) is -2.82. The summed E-state index contributed by atoms with van der Waals surface area (Å²) in [6.07, 6.45) is 0.943. The number of halogens is 2. The van der Waals surface area contributed by atoms with E-state index in [1.54, 1.807) is 17.0 Å². The van der Waals surface area contributed by atoms with Crippen molar-refractivity contribution in [3.05, 3.63) is 54.0 Å². The van der Waals surface area contributed by atoms with Gasteiger partial charge in [-0.05, 0) is 24.3 Å².